The maximum Gasteiger partial charge on any atom is 0.273 e. The average Bonchev–Trinajstić information content (AvgIpc) is 2.99. The number of sulfonamides is 1. The van der Waals surface area contributed by atoms with Gasteiger partial charge >= 0.3 is 0 Å². The lowest BCUT2D eigenvalue weighted by Gasteiger charge is -2.18. The maximum absolute atomic E-state index is 13.4. The van der Waals surface area contributed by atoms with Gasteiger partial charge in [0.1, 0.15) is 11.5 Å². The zero-order valence-electron chi connectivity index (χ0n) is 15.3. The molecule has 0 bridgehead atoms. The van der Waals surface area contributed by atoms with Gasteiger partial charge < -0.3 is 10.3 Å². The third kappa shape index (κ3) is 3.76. The van der Waals surface area contributed by atoms with E-state index in [1.54, 1.807) is 26.0 Å². The number of hydrogen-bond acceptors (Lipinski definition) is 3. The Balaban J connectivity index is 1.91. The SMILES string of the molecule is CCN(CC)S(=O)(=O)c1cccc(NC(=O)c2[nH]c3ccc(F)cc3c2Cl)c1. The van der Waals surface area contributed by atoms with Crippen molar-refractivity contribution in [3.8, 4) is 0 Å². The first-order chi connectivity index (χ1) is 13.3. The second-order valence-electron chi connectivity index (χ2n) is 6.08. The van der Waals surface area contributed by atoms with Crippen LogP contribution >= 0.6 is 11.6 Å². The molecule has 2 N–H and O–H groups in total. The molecule has 1 heterocycles. The number of nitrogens with one attached hydrogen (secondary N) is 2. The number of anilines is 1. The van der Waals surface area contributed by atoms with Crippen molar-refractivity contribution in [1.29, 1.82) is 0 Å². The summed E-state index contributed by atoms with van der Waals surface area (Å²) in [6.07, 6.45) is 0. The molecule has 0 spiro atoms. The van der Waals surface area contributed by atoms with E-state index in [-0.39, 0.29) is 15.6 Å². The summed E-state index contributed by atoms with van der Waals surface area (Å²) in [6.45, 7) is 4.20. The number of aromatic amines is 1. The van der Waals surface area contributed by atoms with Gasteiger partial charge in [-0.2, -0.15) is 4.31 Å². The summed E-state index contributed by atoms with van der Waals surface area (Å²) in [5.41, 5.74) is 0.896. The summed E-state index contributed by atoms with van der Waals surface area (Å²) in [5.74, 6) is -1.02. The van der Waals surface area contributed by atoms with Crippen LogP contribution < -0.4 is 5.32 Å². The Morgan fingerprint density at radius 2 is 1.89 bits per heavy atom. The number of H-pyrrole nitrogens is 1. The minimum absolute atomic E-state index is 0.0688. The van der Waals surface area contributed by atoms with E-state index in [9.17, 15) is 17.6 Å². The third-order valence-corrected chi connectivity index (χ3v) is 6.80. The van der Waals surface area contributed by atoms with Gasteiger partial charge in [-0.3, -0.25) is 4.79 Å². The van der Waals surface area contributed by atoms with Crippen LogP contribution in [0.4, 0.5) is 10.1 Å². The van der Waals surface area contributed by atoms with Crippen molar-refractivity contribution in [3.63, 3.8) is 0 Å². The molecule has 0 fully saturated rings. The summed E-state index contributed by atoms with van der Waals surface area (Å²) in [7, 11) is -3.65. The molecule has 0 aliphatic rings. The van der Waals surface area contributed by atoms with Gasteiger partial charge in [0.15, 0.2) is 0 Å². The third-order valence-electron chi connectivity index (χ3n) is 4.36. The minimum Gasteiger partial charge on any atom is -0.349 e. The molecule has 3 aromatic rings. The lowest BCUT2D eigenvalue weighted by Crippen LogP contribution is -2.30. The van der Waals surface area contributed by atoms with Crippen molar-refractivity contribution < 1.29 is 17.6 Å². The molecule has 0 unspecified atom stereocenters. The molecule has 3 rings (SSSR count). The van der Waals surface area contributed by atoms with E-state index in [1.807, 2.05) is 0 Å². The highest BCUT2D eigenvalue weighted by Gasteiger charge is 2.22. The Labute approximate surface area is 167 Å². The number of rotatable bonds is 6. The van der Waals surface area contributed by atoms with Gasteiger partial charge in [-0.05, 0) is 36.4 Å². The number of fused-ring (bicyclic) bond motifs is 1. The fourth-order valence-corrected chi connectivity index (χ4v) is 4.72. The molecule has 0 saturated carbocycles. The summed E-state index contributed by atoms with van der Waals surface area (Å²) >= 11 is 6.21. The predicted octanol–water partition coefficient (Wildman–Crippen LogP) is 4.24. The molecule has 6 nitrogen and oxygen atoms in total. The molecule has 1 aromatic heterocycles. The number of benzene rings is 2. The Morgan fingerprint density at radius 1 is 1.18 bits per heavy atom. The first kappa shape index (κ1) is 20.3. The number of carbonyl (C=O) groups is 1. The van der Waals surface area contributed by atoms with Gasteiger partial charge in [0, 0.05) is 29.7 Å². The second kappa shape index (κ2) is 7.90. The van der Waals surface area contributed by atoms with Crippen LogP contribution in [0.2, 0.25) is 5.02 Å². The molecule has 1 amide bonds. The van der Waals surface area contributed by atoms with Crippen molar-refractivity contribution in [2.75, 3.05) is 18.4 Å². The largest absolute Gasteiger partial charge is 0.349 e. The molecule has 0 saturated heterocycles. The molecular weight excluding hydrogens is 405 g/mol. The van der Waals surface area contributed by atoms with E-state index in [2.05, 4.69) is 10.3 Å². The van der Waals surface area contributed by atoms with Crippen molar-refractivity contribution in [2.24, 2.45) is 0 Å². The van der Waals surface area contributed by atoms with E-state index in [4.69, 9.17) is 11.6 Å². The standard InChI is InChI=1S/C19H19ClFN3O3S/c1-3-24(4-2)28(26,27)14-7-5-6-13(11-14)22-19(25)18-17(20)15-10-12(21)8-9-16(15)23-18/h5-11,23H,3-4H2,1-2H3,(H,22,25). The molecule has 148 valence electrons. The number of hydrogen-bond donors (Lipinski definition) is 2. The van der Waals surface area contributed by atoms with Gasteiger partial charge in [0.2, 0.25) is 10.0 Å². The number of nitrogens with zero attached hydrogens (tertiary/aromatic N) is 1. The Kier molecular flexibility index (Phi) is 5.74. The van der Waals surface area contributed by atoms with Crippen molar-refractivity contribution in [3.05, 3.63) is 59.0 Å². The zero-order valence-corrected chi connectivity index (χ0v) is 16.9. The molecule has 0 aliphatic carbocycles. The van der Waals surface area contributed by atoms with Crippen LogP contribution in [0.1, 0.15) is 24.3 Å². The van der Waals surface area contributed by atoms with Gasteiger partial charge in [0.25, 0.3) is 5.91 Å². The molecule has 28 heavy (non-hydrogen) atoms. The monoisotopic (exact) mass is 423 g/mol. The summed E-state index contributed by atoms with van der Waals surface area (Å²) in [6, 6.07) is 9.98. The summed E-state index contributed by atoms with van der Waals surface area (Å²) in [4.78, 5) is 15.6. The van der Waals surface area contributed by atoms with E-state index in [0.29, 0.717) is 29.7 Å². The number of amides is 1. The first-order valence-corrected chi connectivity index (χ1v) is 10.5. The molecular formula is C19H19ClFN3O3S. The van der Waals surface area contributed by atoms with E-state index < -0.39 is 21.7 Å². The number of carbonyl (C=O) groups excluding carboxylic acids is 1. The molecule has 9 heteroatoms. The van der Waals surface area contributed by atoms with E-state index >= 15 is 0 Å². The lowest BCUT2D eigenvalue weighted by atomic mass is 10.2. The normalized spacial score (nSPS) is 11.9. The highest BCUT2D eigenvalue weighted by atomic mass is 35.5. The highest BCUT2D eigenvalue weighted by molar-refractivity contribution is 7.89. The number of aromatic nitrogens is 1. The van der Waals surface area contributed by atoms with Gasteiger partial charge in [-0.1, -0.05) is 31.5 Å². The summed E-state index contributed by atoms with van der Waals surface area (Å²) in [5, 5.41) is 3.12. The van der Waals surface area contributed by atoms with Crippen molar-refractivity contribution >= 4 is 44.1 Å². The smallest absolute Gasteiger partial charge is 0.273 e. The molecule has 0 aliphatic heterocycles. The van der Waals surface area contributed by atoms with Crippen LogP contribution in [0.25, 0.3) is 10.9 Å². The Hall–Kier alpha value is -2.42. The van der Waals surface area contributed by atoms with Crippen LogP contribution in [-0.2, 0) is 10.0 Å². The fraction of sp³-hybridized carbons (Fsp3) is 0.211. The second-order valence-corrected chi connectivity index (χ2v) is 8.39. The van der Waals surface area contributed by atoms with Crippen LogP contribution in [0, 0.1) is 5.82 Å². The Morgan fingerprint density at radius 3 is 2.57 bits per heavy atom. The quantitative estimate of drug-likeness (QED) is 0.622. The highest BCUT2D eigenvalue weighted by Crippen LogP contribution is 2.29. The van der Waals surface area contributed by atoms with Crippen molar-refractivity contribution in [2.45, 2.75) is 18.7 Å². The van der Waals surface area contributed by atoms with Gasteiger partial charge in [-0.25, -0.2) is 12.8 Å². The van der Waals surface area contributed by atoms with E-state index in [0.717, 1.165) is 0 Å². The molecule has 2 aromatic carbocycles. The predicted molar refractivity (Wildman–Crippen MR) is 108 cm³/mol. The zero-order chi connectivity index (χ0) is 20.5. The number of halogens is 2. The molecule has 0 radical (unpaired) electrons. The Bertz CT molecular complexity index is 1140. The van der Waals surface area contributed by atoms with Crippen LogP contribution in [-0.4, -0.2) is 36.7 Å². The summed E-state index contributed by atoms with van der Waals surface area (Å²) < 4.78 is 40.1. The minimum atomic E-state index is -3.65. The van der Waals surface area contributed by atoms with Crippen LogP contribution in [0.15, 0.2) is 47.4 Å². The van der Waals surface area contributed by atoms with Crippen molar-refractivity contribution in [1.82, 2.24) is 9.29 Å². The average molecular weight is 424 g/mol. The topological polar surface area (TPSA) is 82.3 Å². The fourth-order valence-electron chi connectivity index (χ4n) is 2.93. The van der Waals surface area contributed by atoms with Crippen LogP contribution in [0.5, 0.6) is 0 Å². The van der Waals surface area contributed by atoms with Crippen LogP contribution in [0.3, 0.4) is 0 Å². The van der Waals surface area contributed by atoms with Gasteiger partial charge in [0.05, 0.1) is 9.92 Å². The first-order valence-electron chi connectivity index (χ1n) is 8.66. The van der Waals surface area contributed by atoms with Gasteiger partial charge in [-0.15, -0.1) is 0 Å². The molecule has 0 atom stereocenters. The van der Waals surface area contributed by atoms with E-state index in [1.165, 1.54) is 34.6 Å². The lowest BCUT2D eigenvalue weighted by molar-refractivity contribution is 0.102. The maximum atomic E-state index is 13.4.